The lowest BCUT2D eigenvalue weighted by Gasteiger charge is -2.35. The first-order chi connectivity index (χ1) is 13.8. The van der Waals surface area contributed by atoms with Crippen LogP contribution in [0.5, 0.6) is 5.75 Å². The highest BCUT2D eigenvalue weighted by Gasteiger charge is 2.25. The van der Waals surface area contributed by atoms with E-state index in [4.69, 9.17) is 13.9 Å². The zero-order valence-electron chi connectivity index (χ0n) is 17.7. The number of likely N-dealkylation sites (tertiary alicyclic amines) is 1. The van der Waals surface area contributed by atoms with Crippen LogP contribution in [0.4, 0.5) is 4.79 Å². The summed E-state index contributed by atoms with van der Waals surface area (Å²) >= 11 is 0. The average Bonchev–Trinajstić information content (AvgIpc) is 3.14. The molecule has 0 saturated carbocycles. The lowest BCUT2D eigenvalue weighted by molar-refractivity contribution is 0.0488. The molecule has 1 atom stereocenters. The van der Waals surface area contributed by atoms with E-state index in [2.05, 4.69) is 15.2 Å². The SMILES string of the molecule is COc1ccc(-c2cnc(CN3CCCC[C@@H]3CNC(=O)OC(C)(C)C)o2)cc1. The van der Waals surface area contributed by atoms with Crippen LogP contribution in [0.3, 0.4) is 0 Å². The molecule has 7 heteroatoms. The Morgan fingerprint density at radius 3 is 2.72 bits per heavy atom. The molecule has 1 aromatic heterocycles. The van der Waals surface area contributed by atoms with Gasteiger partial charge < -0.3 is 19.2 Å². The number of rotatable bonds is 6. The number of benzene rings is 1. The monoisotopic (exact) mass is 401 g/mol. The first-order valence-electron chi connectivity index (χ1n) is 10.1. The van der Waals surface area contributed by atoms with Crippen molar-refractivity contribution >= 4 is 6.09 Å². The van der Waals surface area contributed by atoms with Crippen molar-refractivity contribution in [3.8, 4) is 17.1 Å². The number of nitrogens with one attached hydrogen (secondary N) is 1. The van der Waals surface area contributed by atoms with Gasteiger partial charge in [0.15, 0.2) is 5.76 Å². The molecule has 0 unspecified atom stereocenters. The predicted molar refractivity (Wildman–Crippen MR) is 111 cm³/mol. The third-order valence-electron chi connectivity index (χ3n) is 4.90. The van der Waals surface area contributed by atoms with Crippen LogP contribution in [0.2, 0.25) is 0 Å². The summed E-state index contributed by atoms with van der Waals surface area (Å²) in [7, 11) is 1.65. The molecule has 0 spiro atoms. The Hall–Kier alpha value is -2.54. The third kappa shape index (κ3) is 6.22. The molecule has 2 aromatic rings. The standard InChI is InChI=1S/C22H31N3O4/c1-22(2,3)29-21(26)24-13-17-7-5-6-12-25(17)15-20-23-14-19(28-20)16-8-10-18(27-4)11-9-16/h8-11,14,17H,5-7,12-13,15H2,1-4H3,(H,24,26)/t17-/m1/s1. The lowest BCUT2D eigenvalue weighted by atomic mass is 10.0. The first kappa shape index (κ1) is 21.2. The molecule has 1 aliphatic rings. The number of alkyl carbamates (subject to hydrolysis) is 1. The molecule has 1 amide bonds. The summed E-state index contributed by atoms with van der Waals surface area (Å²) in [5.74, 6) is 2.23. The Morgan fingerprint density at radius 1 is 1.28 bits per heavy atom. The van der Waals surface area contributed by atoms with Gasteiger partial charge in [-0.15, -0.1) is 0 Å². The van der Waals surface area contributed by atoms with Crippen LogP contribution < -0.4 is 10.1 Å². The number of hydrogen-bond donors (Lipinski definition) is 1. The van der Waals surface area contributed by atoms with Crippen LogP contribution in [0.25, 0.3) is 11.3 Å². The molecule has 7 nitrogen and oxygen atoms in total. The zero-order valence-corrected chi connectivity index (χ0v) is 17.7. The van der Waals surface area contributed by atoms with Gasteiger partial charge in [-0.25, -0.2) is 9.78 Å². The highest BCUT2D eigenvalue weighted by molar-refractivity contribution is 5.67. The normalized spacial score (nSPS) is 17.7. The minimum atomic E-state index is -0.494. The van der Waals surface area contributed by atoms with Crippen molar-refractivity contribution in [2.45, 2.75) is 58.2 Å². The highest BCUT2D eigenvalue weighted by Crippen LogP contribution is 2.25. The van der Waals surface area contributed by atoms with Crippen molar-refractivity contribution < 1.29 is 18.7 Å². The van der Waals surface area contributed by atoms with Crippen molar-refractivity contribution in [1.29, 1.82) is 0 Å². The summed E-state index contributed by atoms with van der Waals surface area (Å²) in [6.45, 7) is 7.73. The van der Waals surface area contributed by atoms with E-state index in [1.807, 2.05) is 45.0 Å². The van der Waals surface area contributed by atoms with Crippen molar-refractivity contribution in [1.82, 2.24) is 15.2 Å². The second-order valence-corrected chi connectivity index (χ2v) is 8.35. The summed E-state index contributed by atoms with van der Waals surface area (Å²) in [4.78, 5) is 18.8. The number of piperidine rings is 1. The first-order valence-corrected chi connectivity index (χ1v) is 10.1. The van der Waals surface area contributed by atoms with E-state index in [1.165, 1.54) is 0 Å². The molecule has 1 aliphatic heterocycles. The van der Waals surface area contributed by atoms with Gasteiger partial charge in [0.25, 0.3) is 0 Å². The van der Waals surface area contributed by atoms with Crippen LogP contribution in [0.15, 0.2) is 34.9 Å². The fraction of sp³-hybridized carbons (Fsp3) is 0.545. The van der Waals surface area contributed by atoms with Gasteiger partial charge in [0.05, 0.1) is 19.9 Å². The molecular formula is C22H31N3O4. The Kier molecular flexibility index (Phi) is 6.79. The Morgan fingerprint density at radius 2 is 2.03 bits per heavy atom. The van der Waals surface area contributed by atoms with Crippen LogP contribution >= 0.6 is 0 Å². The molecule has 0 aliphatic carbocycles. The van der Waals surface area contributed by atoms with Gasteiger partial charge >= 0.3 is 6.09 Å². The molecular weight excluding hydrogens is 370 g/mol. The summed E-state index contributed by atoms with van der Waals surface area (Å²) in [6.07, 6.45) is 4.70. The van der Waals surface area contributed by atoms with E-state index < -0.39 is 5.60 Å². The van der Waals surface area contributed by atoms with E-state index in [-0.39, 0.29) is 12.1 Å². The second kappa shape index (κ2) is 9.31. The summed E-state index contributed by atoms with van der Waals surface area (Å²) in [5, 5.41) is 2.90. The van der Waals surface area contributed by atoms with Gasteiger partial charge in [-0.05, 0) is 64.4 Å². The molecule has 2 heterocycles. The maximum Gasteiger partial charge on any atom is 0.407 e. The zero-order chi connectivity index (χ0) is 20.9. The van der Waals surface area contributed by atoms with Crippen LogP contribution in [-0.2, 0) is 11.3 Å². The van der Waals surface area contributed by atoms with Gasteiger partial charge in [0.1, 0.15) is 11.4 Å². The molecule has 3 rings (SSSR count). The van der Waals surface area contributed by atoms with Crippen LogP contribution in [-0.4, -0.2) is 47.8 Å². The fourth-order valence-corrected chi connectivity index (χ4v) is 3.46. The predicted octanol–water partition coefficient (Wildman–Crippen LogP) is 4.23. The average molecular weight is 402 g/mol. The van der Waals surface area contributed by atoms with E-state index in [9.17, 15) is 4.79 Å². The fourth-order valence-electron chi connectivity index (χ4n) is 3.46. The molecule has 0 bridgehead atoms. The van der Waals surface area contributed by atoms with Gasteiger partial charge in [-0.3, -0.25) is 4.90 Å². The molecule has 29 heavy (non-hydrogen) atoms. The molecule has 1 N–H and O–H groups in total. The summed E-state index contributed by atoms with van der Waals surface area (Å²) in [5.41, 5.74) is 0.470. The minimum absolute atomic E-state index is 0.243. The lowest BCUT2D eigenvalue weighted by Crippen LogP contribution is -2.47. The van der Waals surface area contributed by atoms with E-state index in [0.717, 1.165) is 42.9 Å². The van der Waals surface area contributed by atoms with Gasteiger partial charge in [0.2, 0.25) is 5.89 Å². The summed E-state index contributed by atoms with van der Waals surface area (Å²) in [6, 6.07) is 7.96. The topological polar surface area (TPSA) is 76.8 Å². The van der Waals surface area contributed by atoms with E-state index in [0.29, 0.717) is 19.0 Å². The van der Waals surface area contributed by atoms with Gasteiger partial charge in [-0.2, -0.15) is 0 Å². The second-order valence-electron chi connectivity index (χ2n) is 8.35. The number of carbonyl (C=O) groups excluding carboxylic acids is 1. The Balaban J connectivity index is 1.58. The van der Waals surface area contributed by atoms with Crippen molar-refractivity contribution in [3.63, 3.8) is 0 Å². The molecule has 158 valence electrons. The Bertz CT molecular complexity index is 795. The maximum atomic E-state index is 12.0. The van der Waals surface area contributed by atoms with E-state index in [1.54, 1.807) is 13.3 Å². The number of carbonyl (C=O) groups is 1. The largest absolute Gasteiger partial charge is 0.497 e. The maximum absolute atomic E-state index is 12.0. The summed E-state index contributed by atoms with van der Waals surface area (Å²) < 4.78 is 16.5. The van der Waals surface area contributed by atoms with Crippen molar-refractivity contribution in [3.05, 3.63) is 36.4 Å². The van der Waals surface area contributed by atoms with Crippen LogP contribution in [0, 0.1) is 0 Å². The molecule has 1 aromatic carbocycles. The molecule has 1 fully saturated rings. The van der Waals surface area contributed by atoms with Crippen LogP contribution in [0.1, 0.15) is 45.9 Å². The number of oxazole rings is 1. The number of methoxy groups -OCH3 is 1. The number of aromatic nitrogens is 1. The van der Waals surface area contributed by atoms with Crippen molar-refractivity contribution in [2.75, 3.05) is 20.2 Å². The van der Waals surface area contributed by atoms with Gasteiger partial charge in [-0.1, -0.05) is 6.42 Å². The Labute approximate surface area is 172 Å². The highest BCUT2D eigenvalue weighted by atomic mass is 16.6. The third-order valence-corrected chi connectivity index (χ3v) is 4.90. The molecule has 0 radical (unpaired) electrons. The number of hydrogen-bond acceptors (Lipinski definition) is 6. The van der Waals surface area contributed by atoms with Gasteiger partial charge in [0, 0.05) is 18.2 Å². The van der Waals surface area contributed by atoms with Crippen molar-refractivity contribution in [2.24, 2.45) is 0 Å². The number of ether oxygens (including phenoxy) is 2. The minimum Gasteiger partial charge on any atom is -0.497 e. The number of amides is 1. The van der Waals surface area contributed by atoms with E-state index >= 15 is 0 Å². The number of nitrogens with zero attached hydrogens (tertiary/aromatic N) is 2. The molecule has 1 saturated heterocycles. The smallest absolute Gasteiger partial charge is 0.407 e. The quantitative estimate of drug-likeness (QED) is 0.781.